The van der Waals surface area contributed by atoms with Crippen molar-refractivity contribution in [3.63, 3.8) is 0 Å². The minimum atomic E-state index is 0.0445. The molecule has 0 saturated heterocycles. The van der Waals surface area contributed by atoms with E-state index in [0.29, 0.717) is 17.5 Å². The Morgan fingerprint density at radius 2 is 0.810 bits per heavy atom. The number of nitrogens with zero attached hydrogens (tertiary/aromatic N) is 3. The fraction of sp³-hybridized carbons (Fsp3) is 0.0172. The predicted octanol–water partition coefficient (Wildman–Crippen LogP) is 15.2. The zero-order valence-electron chi connectivity index (χ0n) is 33.9. The molecule has 1 aliphatic carbocycles. The lowest BCUT2D eigenvalue weighted by Gasteiger charge is -2.14. The van der Waals surface area contributed by atoms with Gasteiger partial charge in [0.25, 0.3) is 0 Å². The van der Waals surface area contributed by atoms with E-state index in [9.17, 15) is 0 Å². The van der Waals surface area contributed by atoms with Crippen molar-refractivity contribution in [2.45, 2.75) is 5.92 Å². The maximum absolute atomic E-state index is 6.88. The summed E-state index contributed by atoms with van der Waals surface area (Å²) in [4.78, 5) is 15.5. The highest BCUT2D eigenvalue weighted by atomic mass is 16.3. The number of hydrogen-bond donors (Lipinski definition) is 0. The van der Waals surface area contributed by atoms with Gasteiger partial charge in [0.1, 0.15) is 22.3 Å². The number of hydrogen-bond acceptors (Lipinski definition) is 5. The molecule has 0 radical (unpaired) electrons. The van der Waals surface area contributed by atoms with Gasteiger partial charge in [-0.15, -0.1) is 0 Å². The van der Waals surface area contributed by atoms with E-state index in [1.54, 1.807) is 0 Å². The summed E-state index contributed by atoms with van der Waals surface area (Å²) in [7, 11) is 0. The minimum absolute atomic E-state index is 0.0445. The van der Waals surface area contributed by atoms with Crippen molar-refractivity contribution < 1.29 is 8.83 Å². The molecular weight excluding hydrogens is 771 g/mol. The summed E-state index contributed by atoms with van der Waals surface area (Å²) in [6, 6.07) is 72.0. The summed E-state index contributed by atoms with van der Waals surface area (Å²) < 4.78 is 13.5. The Morgan fingerprint density at radius 1 is 0.302 bits per heavy atom. The molecule has 0 aliphatic heterocycles. The monoisotopic (exact) mass is 805 g/mol. The number of rotatable bonds is 6. The number of aromatic nitrogens is 3. The first kappa shape index (κ1) is 35.4. The second-order valence-corrected chi connectivity index (χ2v) is 16.2. The van der Waals surface area contributed by atoms with Gasteiger partial charge in [-0.3, -0.25) is 0 Å². The van der Waals surface area contributed by atoms with E-state index in [4.69, 9.17) is 23.8 Å². The van der Waals surface area contributed by atoms with Crippen molar-refractivity contribution in [3.8, 4) is 67.5 Å². The molecule has 3 heterocycles. The molecule has 0 saturated carbocycles. The highest BCUT2D eigenvalue weighted by Gasteiger charge is 2.32. The zero-order valence-corrected chi connectivity index (χ0v) is 33.9. The van der Waals surface area contributed by atoms with Crippen molar-refractivity contribution >= 4 is 43.9 Å². The third kappa shape index (κ3) is 5.67. The summed E-state index contributed by atoms with van der Waals surface area (Å²) in [6.07, 6.45) is 0. The summed E-state index contributed by atoms with van der Waals surface area (Å²) in [5, 5.41) is 4.11. The van der Waals surface area contributed by atoms with Crippen molar-refractivity contribution in [2.75, 3.05) is 0 Å². The molecule has 12 aromatic rings. The topological polar surface area (TPSA) is 65.0 Å². The fourth-order valence-corrected chi connectivity index (χ4v) is 9.79. The predicted molar refractivity (Wildman–Crippen MR) is 254 cm³/mol. The van der Waals surface area contributed by atoms with Crippen LogP contribution in [0.1, 0.15) is 22.6 Å². The van der Waals surface area contributed by atoms with Crippen LogP contribution in [-0.4, -0.2) is 15.0 Å². The van der Waals surface area contributed by atoms with Crippen LogP contribution in [0.25, 0.3) is 111 Å². The van der Waals surface area contributed by atoms with Crippen molar-refractivity contribution in [2.24, 2.45) is 0 Å². The van der Waals surface area contributed by atoms with Crippen LogP contribution in [0.5, 0.6) is 0 Å². The lowest BCUT2D eigenvalue weighted by atomic mass is 9.88. The molecular formula is C58H35N3O2. The highest BCUT2D eigenvalue weighted by molar-refractivity contribution is 6.14. The standard InChI is InChI=1S/C58H35N3O2/c1-3-14-35(15-4-1)36-28-30-37(31-29-36)40-22-12-26-49-53(40)45-33-32-39(34-51(45)62-49)57-59-56(38-16-5-2-6-17-38)60-58(61-57)48-25-13-27-50-54(48)47-24-11-23-46(55(47)63-50)52-43-20-9-7-18-41(43)42-19-8-10-21-44(42)52/h1-34,52H. The second-order valence-electron chi connectivity index (χ2n) is 16.2. The number of fused-ring (bicyclic) bond motifs is 9. The maximum Gasteiger partial charge on any atom is 0.164 e. The molecule has 0 bridgehead atoms. The first-order valence-corrected chi connectivity index (χ1v) is 21.3. The number of para-hydroxylation sites is 1. The molecule has 9 aromatic carbocycles. The van der Waals surface area contributed by atoms with Gasteiger partial charge in [0.05, 0.1) is 0 Å². The van der Waals surface area contributed by atoms with E-state index in [2.05, 4.69) is 152 Å². The Hall–Kier alpha value is -8.41. The van der Waals surface area contributed by atoms with E-state index in [1.807, 2.05) is 54.6 Å². The average molecular weight is 806 g/mol. The van der Waals surface area contributed by atoms with Gasteiger partial charge in [0.15, 0.2) is 17.5 Å². The van der Waals surface area contributed by atoms with Gasteiger partial charge in [0, 0.05) is 49.7 Å². The third-order valence-electron chi connectivity index (χ3n) is 12.7. The van der Waals surface area contributed by atoms with Crippen molar-refractivity contribution in [1.29, 1.82) is 0 Å². The minimum Gasteiger partial charge on any atom is -0.456 e. The smallest absolute Gasteiger partial charge is 0.164 e. The van der Waals surface area contributed by atoms with E-state index >= 15 is 0 Å². The summed E-state index contributed by atoms with van der Waals surface area (Å²) in [6.45, 7) is 0. The average Bonchev–Trinajstić information content (AvgIpc) is 4.04. The summed E-state index contributed by atoms with van der Waals surface area (Å²) >= 11 is 0. The van der Waals surface area contributed by atoms with Crippen LogP contribution in [0, 0.1) is 0 Å². The first-order valence-electron chi connectivity index (χ1n) is 21.3. The van der Waals surface area contributed by atoms with Gasteiger partial charge >= 0.3 is 0 Å². The molecule has 0 spiro atoms. The quantitative estimate of drug-likeness (QED) is 0.167. The van der Waals surface area contributed by atoms with E-state index in [-0.39, 0.29) is 5.92 Å². The van der Waals surface area contributed by atoms with Crippen LogP contribution < -0.4 is 0 Å². The zero-order chi connectivity index (χ0) is 41.4. The summed E-state index contributed by atoms with van der Waals surface area (Å²) in [5.74, 6) is 1.76. The normalized spacial score (nSPS) is 12.4. The molecule has 5 heteroatoms. The molecule has 63 heavy (non-hydrogen) atoms. The Balaban J connectivity index is 0.952. The van der Waals surface area contributed by atoms with Crippen LogP contribution in [-0.2, 0) is 0 Å². The first-order chi connectivity index (χ1) is 31.2. The van der Waals surface area contributed by atoms with E-state index < -0.39 is 0 Å². The molecule has 0 atom stereocenters. The van der Waals surface area contributed by atoms with Gasteiger partial charge in [0.2, 0.25) is 0 Å². The molecule has 294 valence electrons. The fourth-order valence-electron chi connectivity index (χ4n) is 9.79. The highest BCUT2D eigenvalue weighted by Crippen LogP contribution is 2.50. The Morgan fingerprint density at radius 3 is 1.54 bits per heavy atom. The molecule has 5 nitrogen and oxygen atoms in total. The van der Waals surface area contributed by atoms with Crippen molar-refractivity contribution in [3.05, 3.63) is 223 Å². The molecule has 0 unspecified atom stereocenters. The van der Waals surface area contributed by atoms with Gasteiger partial charge in [-0.1, -0.05) is 182 Å². The second kappa shape index (κ2) is 14.1. The SMILES string of the molecule is c1ccc(-c2ccc(-c3cccc4oc5cc(-c6nc(-c7ccccc7)nc(-c7cccc8oc9c(C%10c%11ccccc%11-c%11ccccc%11%10)cccc9c78)n6)ccc5c34)cc2)cc1. The van der Waals surface area contributed by atoms with E-state index in [0.717, 1.165) is 77.3 Å². The maximum atomic E-state index is 6.88. The molecule has 13 rings (SSSR count). The van der Waals surface area contributed by atoms with Crippen LogP contribution >= 0.6 is 0 Å². The van der Waals surface area contributed by atoms with Crippen LogP contribution in [0.3, 0.4) is 0 Å². The van der Waals surface area contributed by atoms with E-state index in [1.165, 1.54) is 33.4 Å². The molecule has 3 aromatic heterocycles. The lowest BCUT2D eigenvalue weighted by molar-refractivity contribution is 0.661. The van der Waals surface area contributed by atoms with Crippen LogP contribution in [0.15, 0.2) is 215 Å². The Kier molecular flexibility index (Phi) is 7.90. The molecule has 1 aliphatic rings. The number of benzene rings is 9. The third-order valence-corrected chi connectivity index (χ3v) is 12.7. The molecule has 0 fully saturated rings. The lowest BCUT2D eigenvalue weighted by Crippen LogP contribution is -2.00. The van der Waals surface area contributed by atoms with Crippen LogP contribution in [0.2, 0.25) is 0 Å². The van der Waals surface area contributed by atoms with Gasteiger partial charge < -0.3 is 8.83 Å². The van der Waals surface area contributed by atoms with Gasteiger partial charge in [-0.25, -0.2) is 15.0 Å². The van der Waals surface area contributed by atoms with Gasteiger partial charge in [-0.05, 0) is 68.8 Å². The Bertz CT molecular complexity index is 3690. The van der Waals surface area contributed by atoms with Gasteiger partial charge in [-0.2, -0.15) is 0 Å². The number of furan rings is 2. The molecule has 0 N–H and O–H groups in total. The molecule has 0 amide bonds. The van der Waals surface area contributed by atoms with Crippen molar-refractivity contribution in [1.82, 2.24) is 15.0 Å². The Labute approximate surface area is 362 Å². The van der Waals surface area contributed by atoms with Crippen LogP contribution in [0.4, 0.5) is 0 Å². The summed E-state index contributed by atoms with van der Waals surface area (Å²) in [5.41, 5.74) is 16.8. The largest absolute Gasteiger partial charge is 0.456 e.